The van der Waals surface area contributed by atoms with Gasteiger partial charge in [0.15, 0.2) is 0 Å². The van der Waals surface area contributed by atoms with Crippen molar-refractivity contribution < 1.29 is 27.4 Å². The Bertz CT molecular complexity index is 1190. The number of ether oxygens (including phenoxy) is 3. The number of hydrogen-bond donors (Lipinski definition) is 2. The van der Waals surface area contributed by atoms with Crippen molar-refractivity contribution in [3.05, 3.63) is 36.0 Å². The zero-order valence-electron chi connectivity index (χ0n) is 21.4. The number of nitrogens with one attached hydrogen (secondary N) is 2. The van der Waals surface area contributed by atoms with E-state index in [2.05, 4.69) is 28.9 Å². The van der Waals surface area contributed by atoms with E-state index in [9.17, 15) is 13.2 Å². The third-order valence-electron chi connectivity index (χ3n) is 5.13. The number of carbonyl (C=O) groups excluding carboxylic acids is 1. The standard InChI is InChI=1S/C25H35N3O6S/c1-16(2)12-25(6,27-23(29)34-24(3,4)5)15-33-18-8-9-19-17(10-18)14-32-21-13-26-22(11-20(19)21)28-35(7,30)31/h8-11,13,16H,12,14-15H2,1-7H3,(H,26,28)(H,27,29)/t25-/m0/s1. The highest BCUT2D eigenvalue weighted by Crippen LogP contribution is 2.39. The monoisotopic (exact) mass is 505 g/mol. The topological polar surface area (TPSA) is 116 Å². The van der Waals surface area contributed by atoms with E-state index in [1.807, 2.05) is 45.9 Å². The van der Waals surface area contributed by atoms with Gasteiger partial charge in [0.05, 0.1) is 18.0 Å². The fourth-order valence-electron chi connectivity index (χ4n) is 4.05. The molecule has 2 heterocycles. The van der Waals surface area contributed by atoms with E-state index in [4.69, 9.17) is 14.2 Å². The van der Waals surface area contributed by atoms with Gasteiger partial charge in [0, 0.05) is 11.1 Å². The van der Waals surface area contributed by atoms with Crippen molar-refractivity contribution in [2.75, 3.05) is 17.6 Å². The second-order valence-electron chi connectivity index (χ2n) is 10.6. The molecule has 0 saturated carbocycles. The Balaban J connectivity index is 1.78. The van der Waals surface area contributed by atoms with Gasteiger partial charge in [-0.15, -0.1) is 0 Å². The average Bonchev–Trinajstić information content (AvgIpc) is 2.68. The van der Waals surface area contributed by atoms with E-state index >= 15 is 0 Å². The fraction of sp³-hybridized carbons (Fsp3) is 0.520. The minimum absolute atomic E-state index is 0.223. The highest BCUT2D eigenvalue weighted by Gasteiger charge is 2.31. The molecule has 0 saturated heterocycles. The molecule has 1 atom stereocenters. The minimum Gasteiger partial charge on any atom is -0.491 e. The van der Waals surface area contributed by atoms with Gasteiger partial charge in [-0.1, -0.05) is 19.9 Å². The molecule has 192 valence electrons. The molecule has 2 N–H and O–H groups in total. The molecule has 35 heavy (non-hydrogen) atoms. The Labute approximate surface area is 207 Å². The van der Waals surface area contributed by atoms with Crippen molar-refractivity contribution in [2.24, 2.45) is 5.92 Å². The molecule has 0 bridgehead atoms. The summed E-state index contributed by atoms with van der Waals surface area (Å²) < 4.78 is 42.9. The average molecular weight is 506 g/mol. The van der Waals surface area contributed by atoms with Crippen LogP contribution in [0.2, 0.25) is 0 Å². The molecular formula is C25H35N3O6S. The maximum absolute atomic E-state index is 12.4. The Hall–Kier alpha value is -3.01. The zero-order chi connectivity index (χ0) is 26.0. The molecule has 1 amide bonds. The minimum atomic E-state index is -3.45. The highest BCUT2D eigenvalue weighted by atomic mass is 32.2. The second-order valence-corrected chi connectivity index (χ2v) is 12.4. The SMILES string of the molecule is CC(C)C[C@@](C)(COc1ccc2c(c1)COc1cnc(NS(C)(=O)=O)cc1-2)NC(=O)OC(C)(C)C. The molecule has 0 spiro atoms. The maximum atomic E-state index is 12.4. The molecule has 3 rings (SSSR count). The van der Waals surface area contributed by atoms with Crippen molar-refractivity contribution in [1.29, 1.82) is 0 Å². The quantitative estimate of drug-likeness (QED) is 0.533. The lowest BCUT2D eigenvalue weighted by Crippen LogP contribution is -2.52. The third-order valence-corrected chi connectivity index (χ3v) is 5.71. The summed E-state index contributed by atoms with van der Waals surface area (Å²) in [6.07, 6.45) is 2.81. The molecule has 0 fully saturated rings. The fourth-order valence-corrected chi connectivity index (χ4v) is 4.54. The van der Waals surface area contributed by atoms with E-state index in [1.54, 1.807) is 6.07 Å². The van der Waals surface area contributed by atoms with Gasteiger partial charge in [-0.25, -0.2) is 18.2 Å². The largest absolute Gasteiger partial charge is 0.491 e. The molecule has 1 aliphatic rings. The second kappa shape index (κ2) is 9.93. The van der Waals surface area contributed by atoms with Crippen molar-refractivity contribution in [3.63, 3.8) is 0 Å². The molecule has 0 aliphatic carbocycles. The van der Waals surface area contributed by atoms with Gasteiger partial charge in [0.25, 0.3) is 0 Å². The normalized spacial score (nSPS) is 14.7. The maximum Gasteiger partial charge on any atom is 0.408 e. The molecule has 1 aromatic heterocycles. The number of nitrogens with zero attached hydrogens (tertiary/aromatic N) is 1. The smallest absolute Gasteiger partial charge is 0.408 e. The summed E-state index contributed by atoms with van der Waals surface area (Å²) in [5.41, 5.74) is 1.33. The molecule has 2 aromatic rings. The summed E-state index contributed by atoms with van der Waals surface area (Å²) in [6, 6.07) is 7.31. The molecule has 1 aliphatic heterocycles. The summed E-state index contributed by atoms with van der Waals surface area (Å²) in [5.74, 6) is 1.77. The predicted octanol–water partition coefficient (Wildman–Crippen LogP) is 4.72. The molecule has 1 aromatic carbocycles. The van der Waals surface area contributed by atoms with Gasteiger partial charge in [0.2, 0.25) is 10.0 Å². The highest BCUT2D eigenvalue weighted by molar-refractivity contribution is 7.92. The number of alkyl carbamates (subject to hydrolysis) is 1. The van der Waals surface area contributed by atoms with Crippen molar-refractivity contribution >= 4 is 21.9 Å². The van der Waals surface area contributed by atoms with Crippen molar-refractivity contribution in [3.8, 4) is 22.6 Å². The Kier molecular flexibility index (Phi) is 7.54. The first kappa shape index (κ1) is 26.6. The van der Waals surface area contributed by atoms with E-state index in [1.165, 1.54) is 6.20 Å². The van der Waals surface area contributed by atoms with Crippen LogP contribution >= 0.6 is 0 Å². The summed E-state index contributed by atoms with van der Waals surface area (Å²) in [6.45, 7) is 12.2. The molecular weight excluding hydrogens is 470 g/mol. The number of benzene rings is 1. The summed E-state index contributed by atoms with van der Waals surface area (Å²) in [4.78, 5) is 16.5. The number of hydrogen-bond acceptors (Lipinski definition) is 7. The van der Waals surface area contributed by atoms with Crippen LogP contribution in [0, 0.1) is 5.92 Å². The summed E-state index contributed by atoms with van der Waals surface area (Å²) in [7, 11) is -3.45. The summed E-state index contributed by atoms with van der Waals surface area (Å²) in [5, 5.41) is 2.98. The number of rotatable bonds is 8. The van der Waals surface area contributed by atoms with Crippen LogP contribution < -0.4 is 19.5 Å². The van der Waals surface area contributed by atoms with Crippen LogP contribution in [0.3, 0.4) is 0 Å². The van der Waals surface area contributed by atoms with E-state index in [0.29, 0.717) is 30.4 Å². The number of fused-ring (bicyclic) bond motifs is 3. The first-order valence-corrected chi connectivity index (χ1v) is 13.4. The van der Waals surface area contributed by atoms with E-state index in [-0.39, 0.29) is 12.4 Å². The van der Waals surface area contributed by atoms with Gasteiger partial charge >= 0.3 is 6.09 Å². The number of anilines is 1. The zero-order valence-corrected chi connectivity index (χ0v) is 22.2. The summed E-state index contributed by atoms with van der Waals surface area (Å²) >= 11 is 0. The van der Waals surface area contributed by atoms with Gasteiger partial charge < -0.3 is 19.5 Å². The first-order chi connectivity index (χ1) is 16.1. The number of amides is 1. The third kappa shape index (κ3) is 7.74. The number of carbonyl (C=O) groups is 1. The van der Waals surface area contributed by atoms with Crippen LogP contribution in [0.25, 0.3) is 11.1 Å². The Morgan fingerprint density at radius 1 is 1.17 bits per heavy atom. The van der Waals surface area contributed by atoms with Crippen LogP contribution in [0.15, 0.2) is 30.5 Å². The van der Waals surface area contributed by atoms with Gasteiger partial charge in [-0.2, -0.15) is 0 Å². The van der Waals surface area contributed by atoms with Crippen LogP contribution in [-0.4, -0.2) is 43.5 Å². The van der Waals surface area contributed by atoms with Crippen molar-refractivity contribution in [1.82, 2.24) is 10.3 Å². The molecule has 10 heteroatoms. The van der Waals surface area contributed by atoms with Gasteiger partial charge in [0.1, 0.15) is 36.1 Å². The number of pyridine rings is 1. The lowest BCUT2D eigenvalue weighted by molar-refractivity contribution is 0.0408. The molecule has 9 nitrogen and oxygen atoms in total. The predicted molar refractivity (Wildman–Crippen MR) is 135 cm³/mol. The lowest BCUT2D eigenvalue weighted by atomic mass is 9.91. The van der Waals surface area contributed by atoms with Crippen LogP contribution in [0.4, 0.5) is 10.6 Å². The van der Waals surface area contributed by atoms with Crippen molar-refractivity contribution in [2.45, 2.75) is 65.7 Å². The van der Waals surface area contributed by atoms with E-state index in [0.717, 1.165) is 22.9 Å². The van der Waals surface area contributed by atoms with Crippen LogP contribution in [0.1, 0.15) is 53.5 Å². The lowest BCUT2D eigenvalue weighted by Gasteiger charge is -2.33. The van der Waals surface area contributed by atoms with E-state index < -0.39 is 27.3 Å². The first-order valence-electron chi connectivity index (χ1n) is 11.5. The van der Waals surface area contributed by atoms with Crippen LogP contribution in [-0.2, 0) is 21.4 Å². The molecule has 0 radical (unpaired) electrons. The number of sulfonamides is 1. The van der Waals surface area contributed by atoms with Crippen LogP contribution in [0.5, 0.6) is 11.5 Å². The van der Waals surface area contributed by atoms with Gasteiger partial charge in [-0.3, -0.25) is 4.72 Å². The van der Waals surface area contributed by atoms with Gasteiger partial charge in [-0.05, 0) is 63.8 Å². The number of aromatic nitrogens is 1. The Morgan fingerprint density at radius 3 is 2.51 bits per heavy atom. The Morgan fingerprint density at radius 2 is 1.89 bits per heavy atom. The molecule has 0 unspecified atom stereocenters.